The summed E-state index contributed by atoms with van der Waals surface area (Å²) in [5.74, 6) is -1.94. The fourth-order valence-corrected chi connectivity index (χ4v) is 3.01. The molecule has 0 spiro atoms. The Labute approximate surface area is 191 Å². The zero-order chi connectivity index (χ0) is 25.0. The van der Waals surface area contributed by atoms with E-state index in [1.807, 2.05) is 13.8 Å². The van der Waals surface area contributed by atoms with Gasteiger partial charge in [0.25, 0.3) is 5.91 Å². The molecule has 2 amide bonds. The highest BCUT2D eigenvalue weighted by atomic mass is 35.5. The number of rotatable bonds is 7. The molecule has 0 heterocycles. The lowest BCUT2D eigenvalue weighted by Gasteiger charge is -2.24. The Hall–Kier alpha value is -2.75. The minimum Gasteiger partial charge on any atom is -0.322 e. The summed E-state index contributed by atoms with van der Waals surface area (Å²) in [6, 6.07) is 5.91. The van der Waals surface area contributed by atoms with Crippen LogP contribution in [0.3, 0.4) is 0 Å². The smallest absolute Gasteiger partial charge is 0.322 e. The number of carbonyl (C=O) groups excluding carboxylic acids is 2. The van der Waals surface area contributed by atoms with Crippen molar-refractivity contribution in [1.29, 1.82) is 0 Å². The van der Waals surface area contributed by atoms with Crippen LogP contribution >= 0.6 is 11.6 Å². The quantitative estimate of drug-likeness (QED) is 0.348. The summed E-state index contributed by atoms with van der Waals surface area (Å²) in [5.41, 5.74) is -2.72. The van der Waals surface area contributed by atoms with Crippen LogP contribution in [0.25, 0.3) is 0 Å². The molecule has 1 N–H and O–H groups in total. The average molecular weight is 495 g/mol. The van der Waals surface area contributed by atoms with Crippen LogP contribution in [0.15, 0.2) is 42.5 Å². The number of benzene rings is 2. The molecular weight excluding hydrogens is 474 g/mol. The monoisotopic (exact) mass is 494 g/mol. The van der Waals surface area contributed by atoms with Crippen LogP contribution in [-0.4, -0.2) is 24.2 Å². The van der Waals surface area contributed by atoms with Crippen molar-refractivity contribution in [3.8, 4) is 0 Å². The molecule has 33 heavy (non-hydrogen) atoms. The topological polar surface area (TPSA) is 49.4 Å². The number of anilines is 2. The highest BCUT2D eigenvalue weighted by Crippen LogP contribution is 2.34. The molecule has 2 aromatic rings. The van der Waals surface area contributed by atoms with Gasteiger partial charge in [-0.3, -0.25) is 9.59 Å². The van der Waals surface area contributed by atoms with E-state index >= 15 is 0 Å². The van der Waals surface area contributed by atoms with Crippen molar-refractivity contribution in [2.45, 2.75) is 32.6 Å². The Balaban J connectivity index is 2.42. The van der Waals surface area contributed by atoms with Crippen molar-refractivity contribution < 1.29 is 35.9 Å². The number of hydrogen-bond donors (Lipinski definition) is 1. The largest absolute Gasteiger partial charge is 0.416 e. The number of carbonyl (C=O) groups is 2. The first-order valence-corrected chi connectivity index (χ1v) is 10.3. The van der Waals surface area contributed by atoms with Gasteiger partial charge < -0.3 is 10.2 Å². The number of hydrogen-bond acceptors (Lipinski definition) is 2. The Kier molecular flexibility index (Phi) is 8.40. The molecule has 0 aliphatic rings. The van der Waals surface area contributed by atoms with E-state index in [2.05, 4.69) is 5.32 Å². The molecule has 4 nitrogen and oxygen atoms in total. The van der Waals surface area contributed by atoms with Crippen LogP contribution in [0.4, 0.5) is 37.7 Å². The lowest BCUT2D eigenvalue weighted by molar-refractivity contribution is -0.138. The van der Waals surface area contributed by atoms with Crippen LogP contribution < -0.4 is 10.2 Å². The molecule has 0 aliphatic heterocycles. The van der Waals surface area contributed by atoms with E-state index in [-0.39, 0.29) is 23.8 Å². The van der Waals surface area contributed by atoms with Crippen molar-refractivity contribution in [2.75, 3.05) is 22.6 Å². The fourth-order valence-electron chi connectivity index (χ4n) is 2.86. The van der Waals surface area contributed by atoms with Gasteiger partial charge in [-0.15, -0.1) is 11.6 Å². The molecule has 0 bridgehead atoms. The van der Waals surface area contributed by atoms with Crippen LogP contribution in [0.5, 0.6) is 0 Å². The second-order valence-electron chi connectivity index (χ2n) is 7.66. The zero-order valence-electron chi connectivity index (χ0n) is 17.6. The lowest BCUT2D eigenvalue weighted by atomic mass is 10.1. The standard InChI is InChI=1S/C22H21ClF6N2O2/c1-13(2)7-8-31(19(32)12-23)18-10-14(9-16(11-18)22(27,28)29)20(33)30-17-5-3-15(4-6-17)21(24,25)26/h3-6,9-11,13H,7-8,12H2,1-2H3,(H,30,33). The molecule has 0 unspecified atom stereocenters. The maximum absolute atomic E-state index is 13.5. The van der Waals surface area contributed by atoms with E-state index in [1.165, 1.54) is 0 Å². The Morgan fingerprint density at radius 3 is 2.00 bits per heavy atom. The molecule has 2 aromatic carbocycles. The van der Waals surface area contributed by atoms with Crippen molar-refractivity contribution in [3.63, 3.8) is 0 Å². The first-order valence-electron chi connectivity index (χ1n) is 9.79. The van der Waals surface area contributed by atoms with Gasteiger partial charge in [-0.1, -0.05) is 13.8 Å². The molecule has 2 rings (SSSR count). The van der Waals surface area contributed by atoms with E-state index in [0.29, 0.717) is 12.5 Å². The first kappa shape index (κ1) is 26.5. The number of nitrogens with one attached hydrogen (secondary N) is 1. The Morgan fingerprint density at radius 2 is 1.52 bits per heavy atom. The summed E-state index contributed by atoms with van der Waals surface area (Å²) in [6.07, 6.45) is -8.91. The van der Waals surface area contributed by atoms with Gasteiger partial charge in [-0.05, 0) is 54.8 Å². The summed E-state index contributed by atoms with van der Waals surface area (Å²) < 4.78 is 78.5. The van der Waals surface area contributed by atoms with Crippen molar-refractivity contribution in [1.82, 2.24) is 0 Å². The second-order valence-corrected chi connectivity index (χ2v) is 7.92. The number of amides is 2. The third kappa shape index (κ3) is 7.38. The van der Waals surface area contributed by atoms with E-state index in [0.717, 1.165) is 41.3 Å². The summed E-state index contributed by atoms with van der Waals surface area (Å²) >= 11 is 5.62. The highest BCUT2D eigenvalue weighted by molar-refractivity contribution is 6.29. The van der Waals surface area contributed by atoms with E-state index < -0.39 is 46.7 Å². The third-order valence-electron chi connectivity index (χ3n) is 4.63. The van der Waals surface area contributed by atoms with E-state index in [1.54, 1.807) is 0 Å². The highest BCUT2D eigenvalue weighted by Gasteiger charge is 2.33. The molecule has 0 fully saturated rings. The molecule has 0 atom stereocenters. The summed E-state index contributed by atoms with van der Waals surface area (Å²) in [5, 5.41) is 2.27. The minimum absolute atomic E-state index is 0.0412. The van der Waals surface area contributed by atoms with E-state index in [9.17, 15) is 35.9 Å². The van der Waals surface area contributed by atoms with Gasteiger partial charge in [0.2, 0.25) is 5.91 Å². The maximum Gasteiger partial charge on any atom is 0.416 e. The Bertz CT molecular complexity index is 988. The van der Waals surface area contributed by atoms with Gasteiger partial charge in [0.15, 0.2) is 0 Å². The first-order chi connectivity index (χ1) is 15.2. The molecular formula is C22H21ClF6N2O2. The van der Waals surface area contributed by atoms with Gasteiger partial charge >= 0.3 is 12.4 Å². The average Bonchev–Trinajstić information content (AvgIpc) is 2.72. The molecule has 0 radical (unpaired) electrons. The van der Waals surface area contributed by atoms with Gasteiger partial charge in [0.05, 0.1) is 11.1 Å². The van der Waals surface area contributed by atoms with Crippen molar-refractivity contribution in [2.24, 2.45) is 5.92 Å². The number of alkyl halides is 7. The summed E-state index contributed by atoms with van der Waals surface area (Å²) in [7, 11) is 0. The van der Waals surface area contributed by atoms with Gasteiger partial charge in [0.1, 0.15) is 5.88 Å². The van der Waals surface area contributed by atoms with E-state index in [4.69, 9.17) is 11.6 Å². The van der Waals surface area contributed by atoms with Crippen LogP contribution in [0.2, 0.25) is 0 Å². The third-order valence-corrected chi connectivity index (χ3v) is 4.86. The molecule has 180 valence electrons. The predicted octanol–water partition coefficient (Wildman–Crippen LogP) is 6.59. The van der Waals surface area contributed by atoms with Gasteiger partial charge in [-0.25, -0.2) is 0 Å². The molecule has 0 aliphatic carbocycles. The van der Waals surface area contributed by atoms with Crippen LogP contribution in [0, 0.1) is 5.92 Å². The molecule has 0 aromatic heterocycles. The molecule has 0 saturated heterocycles. The number of nitrogens with zero attached hydrogens (tertiary/aromatic N) is 1. The molecule has 0 saturated carbocycles. The van der Waals surface area contributed by atoms with Crippen LogP contribution in [0.1, 0.15) is 41.8 Å². The number of halogens is 7. The zero-order valence-corrected chi connectivity index (χ0v) is 18.4. The van der Waals surface area contributed by atoms with Crippen LogP contribution in [-0.2, 0) is 17.1 Å². The second kappa shape index (κ2) is 10.5. The lowest BCUT2D eigenvalue weighted by Crippen LogP contribution is -2.34. The summed E-state index contributed by atoms with van der Waals surface area (Å²) in [6.45, 7) is 3.83. The summed E-state index contributed by atoms with van der Waals surface area (Å²) in [4.78, 5) is 26.0. The fraction of sp³-hybridized carbons (Fsp3) is 0.364. The van der Waals surface area contributed by atoms with Crippen molar-refractivity contribution in [3.05, 3.63) is 59.2 Å². The minimum atomic E-state index is -4.81. The SMILES string of the molecule is CC(C)CCN(C(=O)CCl)c1cc(C(=O)Nc2ccc(C(F)(F)F)cc2)cc(C(F)(F)F)c1. The van der Waals surface area contributed by atoms with Crippen molar-refractivity contribution >= 4 is 34.8 Å². The van der Waals surface area contributed by atoms with Gasteiger partial charge in [0, 0.05) is 23.5 Å². The van der Waals surface area contributed by atoms with Gasteiger partial charge in [-0.2, -0.15) is 26.3 Å². The normalized spacial score (nSPS) is 12.1. The Morgan fingerprint density at radius 1 is 0.939 bits per heavy atom. The predicted molar refractivity (Wildman–Crippen MR) is 113 cm³/mol. The molecule has 11 heteroatoms. The maximum atomic E-state index is 13.5.